The average molecular weight is 407 g/mol. The van der Waals surface area contributed by atoms with Gasteiger partial charge >= 0.3 is 0 Å². The highest BCUT2D eigenvalue weighted by Gasteiger charge is 2.29. The number of hydrogen-bond donors (Lipinski definition) is 1. The minimum atomic E-state index is -3.55. The molecule has 1 aromatic heterocycles. The number of ether oxygens (including phenoxy) is 1. The third kappa shape index (κ3) is 4.73. The number of benzene rings is 1. The Morgan fingerprint density at radius 1 is 1.18 bits per heavy atom. The number of amides is 1. The highest BCUT2D eigenvalue weighted by Crippen LogP contribution is 2.20. The first-order chi connectivity index (χ1) is 13.4. The van der Waals surface area contributed by atoms with Crippen molar-refractivity contribution in [1.82, 2.24) is 14.5 Å². The molecule has 28 heavy (non-hydrogen) atoms. The average Bonchev–Trinajstić information content (AvgIpc) is 3.23. The first kappa shape index (κ1) is 20.4. The lowest BCUT2D eigenvalue weighted by atomic mass is 10.2. The summed E-state index contributed by atoms with van der Waals surface area (Å²) in [6, 6.07) is 9.74. The van der Waals surface area contributed by atoms with Gasteiger partial charge in [-0.2, -0.15) is 4.31 Å². The molecule has 1 fully saturated rings. The van der Waals surface area contributed by atoms with E-state index in [1.807, 2.05) is 17.9 Å². The van der Waals surface area contributed by atoms with Gasteiger partial charge in [0.1, 0.15) is 11.5 Å². The van der Waals surface area contributed by atoms with E-state index < -0.39 is 10.0 Å². The van der Waals surface area contributed by atoms with Gasteiger partial charge < -0.3 is 14.5 Å². The summed E-state index contributed by atoms with van der Waals surface area (Å²) in [6.45, 7) is 3.76. The molecule has 3 rings (SSSR count). The zero-order chi connectivity index (χ0) is 20.1. The molecule has 1 amide bonds. The van der Waals surface area contributed by atoms with Crippen molar-refractivity contribution in [2.45, 2.75) is 17.9 Å². The summed E-state index contributed by atoms with van der Waals surface area (Å²) >= 11 is 0. The van der Waals surface area contributed by atoms with Crippen LogP contribution >= 0.6 is 0 Å². The Kier molecular flexibility index (Phi) is 6.38. The quantitative estimate of drug-likeness (QED) is 0.747. The summed E-state index contributed by atoms with van der Waals surface area (Å²) in [7, 11) is -2.01. The Morgan fingerprint density at radius 3 is 2.43 bits per heavy atom. The summed E-state index contributed by atoms with van der Waals surface area (Å²) in [6.07, 6.45) is 1.57. The molecule has 0 radical (unpaired) electrons. The number of piperazine rings is 1. The molecule has 1 N–H and O–H groups in total. The molecule has 0 saturated carbocycles. The number of sulfonamides is 1. The first-order valence-corrected chi connectivity index (χ1v) is 10.5. The van der Waals surface area contributed by atoms with Gasteiger partial charge in [-0.25, -0.2) is 8.42 Å². The highest BCUT2D eigenvalue weighted by molar-refractivity contribution is 7.89. The van der Waals surface area contributed by atoms with E-state index in [0.717, 1.165) is 0 Å². The van der Waals surface area contributed by atoms with Gasteiger partial charge in [0.15, 0.2) is 0 Å². The largest absolute Gasteiger partial charge is 0.497 e. The van der Waals surface area contributed by atoms with Crippen LogP contribution in [0.2, 0.25) is 0 Å². The fourth-order valence-corrected chi connectivity index (χ4v) is 4.55. The smallest absolute Gasteiger partial charge is 0.243 e. The van der Waals surface area contributed by atoms with E-state index in [4.69, 9.17) is 9.15 Å². The SMILES string of the molecule is COc1ccc(S(=O)(=O)N2CCN(CC(=O)N[C@H](C)c3ccco3)CC2)cc1. The third-order valence-corrected chi connectivity index (χ3v) is 6.66. The number of furan rings is 1. The third-order valence-electron chi connectivity index (χ3n) is 4.74. The lowest BCUT2D eigenvalue weighted by Crippen LogP contribution is -2.51. The minimum Gasteiger partial charge on any atom is -0.497 e. The van der Waals surface area contributed by atoms with Gasteiger partial charge in [0.2, 0.25) is 15.9 Å². The van der Waals surface area contributed by atoms with Crippen molar-refractivity contribution in [3.63, 3.8) is 0 Å². The van der Waals surface area contributed by atoms with Crippen LogP contribution in [0.4, 0.5) is 0 Å². The molecule has 1 aliphatic rings. The summed E-state index contributed by atoms with van der Waals surface area (Å²) in [4.78, 5) is 14.4. The Labute approximate surface area is 165 Å². The lowest BCUT2D eigenvalue weighted by Gasteiger charge is -2.33. The van der Waals surface area contributed by atoms with Crippen molar-refractivity contribution < 1.29 is 22.4 Å². The zero-order valence-corrected chi connectivity index (χ0v) is 16.8. The van der Waals surface area contributed by atoms with Crippen LogP contribution in [-0.2, 0) is 14.8 Å². The monoisotopic (exact) mass is 407 g/mol. The van der Waals surface area contributed by atoms with Crippen molar-refractivity contribution in [2.75, 3.05) is 39.8 Å². The molecule has 2 heterocycles. The normalized spacial score (nSPS) is 17.2. The van der Waals surface area contributed by atoms with Crippen molar-refractivity contribution in [2.24, 2.45) is 0 Å². The van der Waals surface area contributed by atoms with Crippen LogP contribution in [-0.4, -0.2) is 63.4 Å². The van der Waals surface area contributed by atoms with E-state index in [9.17, 15) is 13.2 Å². The van der Waals surface area contributed by atoms with Gasteiger partial charge in [-0.15, -0.1) is 0 Å². The Bertz CT molecular complexity index is 873. The molecule has 1 atom stereocenters. The predicted molar refractivity (Wildman–Crippen MR) is 103 cm³/mol. The maximum Gasteiger partial charge on any atom is 0.243 e. The number of methoxy groups -OCH3 is 1. The maximum atomic E-state index is 12.8. The zero-order valence-electron chi connectivity index (χ0n) is 16.0. The number of nitrogens with zero attached hydrogens (tertiary/aromatic N) is 2. The minimum absolute atomic E-state index is 0.115. The van der Waals surface area contributed by atoms with Gasteiger partial charge in [0, 0.05) is 26.2 Å². The molecule has 8 nitrogen and oxygen atoms in total. The molecular weight excluding hydrogens is 382 g/mol. The van der Waals surface area contributed by atoms with Gasteiger partial charge in [-0.05, 0) is 43.3 Å². The summed E-state index contributed by atoms with van der Waals surface area (Å²) < 4.78 is 37.3. The van der Waals surface area contributed by atoms with Crippen LogP contribution in [0.1, 0.15) is 18.7 Å². The van der Waals surface area contributed by atoms with Gasteiger partial charge in [-0.1, -0.05) is 0 Å². The van der Waals surface area contributed by atoms with E-state index in [1.54, 1.807) is 36.6 Å². The van der Waals surface area contributed by atoms with Crippen LogP contribution in [0.3, 0.4) is 0 Å². The highest BCUT2D eigenvalue weighted by atomic mass is 32.2. The molecule has 1 aliphatic heterocycles. The second-order valence-corrected chi connectivity index (χ2v) is 8.60. The molecule has 152 valence electrons. The summed E-state index contributed by atoms with van der Waals surface area (Å²) in [5, 5.41) is 2.89. The van der Waals surface area contributed by atoms with Gasteiger partial charge in [-0.3, -0.25) is 9.69 Å². The maximum absolute atomic E-state index is 12.8. The Hall–Kier alpha value is -2.36. The molecule has 9 heteroatoms. The van der Waals surface area contributed by atoms with Crippen LogP contribution in [0.5, 0.6) is 5.75 Å². The Morgan fingerprint density at radius 2 is 1.86 bits per heavy atom. The number of hydrogen-bond acceptors (Lipinski definition) is 6. The van der Waals surface area contributed by atoms with E-state index in [-0.39, 0.29) is 23.4 Å². The number of nitrogens with one attached hydrogen (secondary N) is 1. The van der Waals surface area contributed by atoms with Crippen molar-refractivity contribution in [3.8, 4) is 5.75 Å². The van der Waals surface area contributed by atoms with Crippen molar-refractivity contribution in [1.29, 1.82) is 0 Å². The molecule has 1 saturated heterocycles. The number of rotatable bonds is 7. The predicted octanol–water partition coefficient (Wildman–Crippen LogP) is 1.47. The van der Waals surface area contributed by atoms with Crippen LogP contribution in [0, 0.1) is 0 Å². The summed E-state index contributed by atoms with van der Waals surface area (Å²) in [5.41, 5.74) is 0. The lowest BCUT2D eigenvalue weighted by molar-refractivity contribution is -0.123. The molecule has 0 spiro atoms. The fourth-order valence-electron chi connectivity index (χ4n) is 3.12. The van der Waals surface area contributed by atoms with E-state index in [0.29, 0.717) is 37.7 Å². The molecule has 2 aromatic rings. The van der Waals surface area contributed by atoms with Gasteiger partial charge in [0.05, 0.1) is 30.9 Å². The van der Waals surface area contributed by atoms with Crippen molar-refractivity contribution >= 4 is 15.9 Å². The second kappa shape index (κ2) is 8.76. The molecule has 0 unspecified atom stereocenters. The number of carbonyl (C=O) groups excluding carboxylic acids is 1. The van der Waals surface area contributed by atoms with E-state index >= 15 is 0 Å². The topological polar surface area (TPSA) is 92.1 Å². The standard InChI is InChI=1S/C19H25N3O5S/c1-15(18-4-3-13-27-18)20-19(23)14-21-9-11-22(12-10-21)28(24,25)17-7-5-16(26-2)6-8-17/h3-8,13,15H,9-12,14H2,1-2H3,(H,20,23)/t15-/m1/s1. The van der Waals surface area contributed by atoms with E-state index in [2.05, 4.69) is 5.32 Å². The second-order valence-electron chi connectivity index (χ2n) is 6.66. The summed E-state index contributed by atoms with van der Waals surface area (Å²) in [5.74, 6) is 1.19. The van der Waals surface area contributed by atoms with Crippen molar-refractivity contribution in [3.05, 3.63) is 48.4 Å². The molecular formula is C19H25N3O5S. The van der Waals surface area contributed by atoms with Crippen LogP contribution < -0.4 is 10.1 Å². The number of carbonyl (C=O) groups is 1. The van der Waals surface area contributed by atoms with E-state index in [1.165, 1.54) is 11.4 Å². The molecule has 0 bridgehead atoms. The molecule has 0 aliphatic carbocycles. The Balaban J connectivity index is 1.51. The molecule has 1 aromatic carbocycles. The fraction of sp³-hybridized carbons (Fsp3) is 0.421. The van der Waals surface area contributed by atoms with Crippen LogP contribution in [0.15, 0.2) is 52.0 Å². The van der Waals surface area contributed by atoms with Crippen LogP contribution in [0.25, 0.3) is 0 Å². The first-order valence-electron chi connectivity index (χ1n) is 9.09. The van der Waals surface area contributed by atoms with Gasteiger partial charge in [0.25, 0.3) is 0 Å².